The van der Waals surface area contributed by atoms with Gasteiger partial charge in [-0.25, -0.2) is 4.98 Å². The Morgan fingerprint density at radius 3 is 2.66 bits per heavy atom. The van der Waals surface area contributed by atoms with Gasteiger partial charge >= 0.3 is 0 Å². The normalized spacial score (nSPS) is 22.2. The Kier molecular flexibility index (Phi) is 6.25. The SMILES string of the molecule is CCn1nnc(C2OC(n3cnc4c(N)nc(N(CO)CCc5ccccc5)nc43)C(O)C2O)n1. The summed E-state index contributed by atoms with van der Waals surface area (Å²) in [6, 6.07) is 9.83. The zero-order valence-corrected chi connectivity index (χ0v) is 19.0. The molecule has 5 N–H and O–H groups in total. The third-order valence-electron chi connectivity index (χ3n) is 5.92. The Hall–Kier alpha value is -3.72. The molecule has 1 aliphatic heterocycles. The highest BCUT2D eigenvalue weighted by Crippen LogP contribution is 2.38. The van der Waals surface area contributed by atoms with Crippen molar-refractivity contribution in [2.75, 3.05) is 23.9 Å². The molecular weight excluding hydrogens is 456 g/mol. The van der Waals surface area contributed by atoms with Crippen molar-refractivity contribution < 1.29 is 20.1 Å². The van der Waals surface area contributed by atoms with Crippen LogP contribution in [-0.4, -0.2) is 80.5 Å². The van der Waals surface area contributed by atoms with Gasteiger partial charge in [-0.1, -0.05) is 30.3 Å². The van der Waals surface area contributed by atoms with Crippen LogP contribution in [0.15, 0.2) is 36.7 Å². The largest absolute Gasteiger partial charge is 0.387 e. The highest BCUT2D eigenvalue weighted by Gasteiger charge is 2.47. The number of aryl methyl sites for hydroxylation is 1. The molecular formula is C21H26N10O4. The molecule has 4 heterocycles. The molecule has 0 radical (unpaired) electrons. The third kappa shape index (κ3) is 4.27. The monoisotopic (exact) mass is 482 g/mol. The molecule has 3 aromatic heterocycles. The topological polar surface area (TPSA) is 186 Å². The van der Waals surface area contributed by atoms with Gasteiger partial charge in [-0.05, 0) is 24.1 Å². The Labute approximate surface area is 199 Å². The molecule has 1 fully saturated rings. The number of rotatable bonds is 8. The van der Waals surface area contributed by atoms with E-state index in [0.717, 1.165) is 5.56 Å². The number of benzene rings is 1. The van der Waals surface area contributed by atoms with Crippen LogP contribution in [0.4, 0.5) is 11.8 Å². The average Bonchev–Trinajstić information content (AvgIpc) is 3.59. The maximum absolute atomic E-state index is 10.8. The number of imidazole rings is 1. The van der Waals surface area contributed by atoms with Gasteiger partial charge in [0.25, 0.3) is 0 Å². The first kappa shape index (κ1) is 23.0. The highest BCUT2D eigenvalue weighted by atomic mass is 16.6. The van der Waals surface area contributed by atoms with Gasteiger partial charge in [-0.3, -0.25) is 4.57 Å². The van der Waals surface area contributed by atoms with Crippen molar-refractivity contribution in [2.45, 2.75) is 44.4 Å². The molecule has 5 rings (SSSR count). The number of aliphatic hydroxyl groups is 3. The molecule has 14 nitrogen and oxygen atoms in total. The van der Waals surface area contributed by atoms with Crippen LogP contribution in [0, 0.1) is 0 Å². The van der Waals surface area contributed by atoms with Gasteiger partial charge < -0.3 is 30.7 Å². The molecule has 14 heteroatoms. The van der Waals surface area contributed by atoms with E-state index in [1.165, 1.54) is 15.7 Å². The highest BCUT2D eigenvalue weighted by molar-refractivity contribution is 5.83. The van der Waals surface area contributed by atoms with Gasteiger partial charge in [0, 0.05) is 6.54 Å². The van der Waals surface area contributed by atoms with Gasteiger partial charge in [0.2, 0.25) is 11.8 Å². The number of fused-ring (bicyclic) bond motifs is 1. The van der Waals surface area contributed by atoms with Gasteiger partial charge in [0.05, 0.1) is 12.9 Å². The number of aliphatic hydroxyl groups excluding tert-OH is 3. The van der Waals surface area contributed by atoms with Gasteiger partial charge in [-0.15, -0.1) is 10.2 Å². The Morgan fingerprint density at radius 1 is 1.14 bits per heavy atom. The van der Waals surface area contributed by atoms with Crippen molar-refractivity contribution in [2.24, 2.45) is 0 Å². The number of hydrogen-bond acceptors (Lipinski definition) is 12. The fourth-order valence-electron chi connectivity index (χ4n) is 4.00. The molecule has 0 amide bonds. The first-order valence-corrected chi connectivity index (χ1v) is 11.2. The zero-order valence-electron chi connectivity index (χ0n) is 19.0. The van der Waals surface area contributed by atoms with Crippen LogP contribution in [0.5, 0.6) is 0 Å². The quantitative estimate of drug-likeness (QED) is 0.234. The van der Waals surface area contributed by atoms with Crippen LogP contribution >= 0.6 is 0 Å². The van der Waals surface area contributed by atoms with E-state index in [2.05, 4.69) is 30.4 Å². The summed E-state index contributed by atoms with van der Waals surface area (Å²) in [6.07, 6.45) is -2.59. The van der Waals surface area contributed by atoms with E-state index in [1.54, 1.807) is 4.90 Å². The number of tetrazole rings is 1. The molecule has 184 valence electrons. The molecule has 35 heavy (non-hydrogen) atoms. The Bertz CT molecular complexity index is 1300. The average molecular weight is 483 g/mol. The second-order valence-electron chi connectivity index (χ2n) is 8.14. The lowest BCUT2D eigenvalue weighted by Gasteiger charge is -2.21. The minimum Gasteiger partial charge on any atom is -0.387 e. The molecule has 4 atom stereocenters. The van der Waals surface area contributed by atoms with Crippen molar-refractivity contribution in [1.29, 1.82) is 0 Å². The Morgan fingerprint density at radius 2 is 1.94 bits per heavy atom. The fourth-order valence-corrected chi connectivity index (χ4v) is 4.00. The predicted octanol–water partition coefficient (Wildman–Crippen LogP) is -0.594. The minimum atomic E-state index is -1.32. The smallest absolute Gasteiger partial charge is 0.231 e. The first-order chi connectivity index (χ1) is 17.0. The number of nitrogen functional groups attached to an aromatic ring is 1. The maximum Gasteiger partial charge on any atom is 0.231 e. The van der Waals surface area contributed by atoms with E-state index in [-0.39, 0.29) is 30.0 Å². The zero-order chi connectivity index (χ0) is 24.5. The molecule has 1 saturated heterocycles. The first-order valence-electron chi connectivity index (χ1n) is 11.2. The van der Waals surface area contributed by atoms with E-state index >= 15 is 0 Å². The van der Waals surface area contributed by atoms with E-state index in [0.29, 0.717) is 25.0 Å². The molecule has 4 unspecified atom stereocenters. The number of hydrogen-bond donors (Lipinski definition) is 4. The number of ether oxygens (including phenoxy) is 1. The summed E-state index contributed by atoms with van der Waals surface area (Å²) in [5.41, 5.74) is 7.84. The lowest BCUT2D eigenvalue weighted by Crippen LogP contribution is -2.30. The van der Waals surface area contributed by atoms with Crippen LogP contribution in [-0.2, 0) is 17.7 Å². The van der Waals surface area contributed by atoms with Crippen LogP contribution in [0.3, 0.4) is 0 Å². The Balaban J connectivity index is 1.44. The number of nitrogens with two attached hydrogens (primary N) is 1. The number of aromatic nitrogens is 8. The molecule has 1 aliphatic rings. The van der Waals surface area contributed by atoms with E-state index < -0.39 is 24.5 Å². The molecule has 4 aromatic rings. The second-order valence-corrected chi connectivity index (χ2v) is 8.14. The molecule has 1 aromatic carbocycles. The summed E-state index contributed by atoms with van der Waals surface area (Å²) >= 11 is 0. The standard InChI is InChI=1S/C21H26N10O4/c1-2-31-27-18(26-28-31)16-14(33)15(34)20(35-16)30-10-23-13-17(22)24-21(25-19(13)30)29(11-32)9-8-12-6-4-3-5-7-12/h3-7,10,14-16,20,32-34H,2,8-9,11H2,1H3,(H2,22,24,25). The summed E-state index contributed by atoms with van der Waals surface area (Å²) in [5, 5.41) is 43.3. The summed E-state index contributed by atoms with van der Waals surface area (Å²) in [6.45, 7) is 2.47. The summed E-state index contributed by atoms with van der Waals surface area (Å²) in [4.78, 5) is 16.1. The minimum absolute atomic E-state index is 0.110. The van der Waals surface area contributed by atoms with Crippen molar-refractivity contribution in [3.8, 4) is 0 Å². The molecule has 0 spiro atoms. The van der Waals surface area contributed by atoms with E-state index in [1.807, 2.05) is 37.3 Å². The van der Waals surface area contributed by atoms with Crippen LogP contribution in [0.2, 0.25) is 0 Å². The molecule has 0 bridgehead atoms. The molecule has 0 aliphatic carbocycles. The van der Waals surface area contributed by atoms with Crippen LogP contribution < -0.4 is 10.6 Å². The van der Waals surface area contributed by atoms with E-state index in [4.69, 9.17) is 10.5 Å². The molecule has 0 saturated carbocycles. The van der Waals surface area contributed by atoms with E-state index in [9.17, 15) is 15.3 Å². The number of anilines is 2. The summed E-state index contributed by atoms with van der Waals surface area (Å²) in [7, 11) is 0. The van der Waals surface area contributed by atoms with Crippen molar-refractivity contribution in [3.05, 3.63) is 48.0 Å². The third-order valence-corrected chi connectivity index (χ3v) is 5.92. The van der Waals surface area contributed by atoms with Gasteiger partial charge in [0.15, 0.2) is 23.8 Å². The number of nitrogens with zero attached hydrogens (tertiary/aromatic N) is 9. The van der Waals surface area contributed by atoms with Crippen LogP contribution in [0.1, 0.15) is 30.6 Å². The lowest BCUT2D eigenvalue weighted by molar-refractivity contribution is -0.0384. The summed E-state index contributed by atoms with van der Waals surface area (Å²) in [5.74, 6) is 0.471. The lowest BCUT2D eigenvalue weighted by atomic mass is 10.1. The van der Waals surface area contributed by atoms with Crippen molar-refractivity contribution in [1.82, 2.24) is 39.7 Å². The second kappa shape index (κ2) is 9.50. The maximum atomic E-state index is 10.8. The van der Waals surface area contributed by atoms with Crippen LogP contribution in [0.25, 0.3) is 11.2 Å². The fraction of sp³-hybridized carbons (Fsp3) is 0.429. The summed E-state index contributed by atoms with van der Waals surface area (Å²) < 4.78 is 7.41. The predicted molar refractivity (Wildman–Crippen MR) is 123 cm³/mol. The van der Waals surface area contributed by atoms with Gasteiger partial charge in [0.1, 0.15) is 24.5 Å². The van der Waals surface area contributed by atoms with Crippen molar-refractivity contribution in [3.63, 3.8) is 0 Å². The van der Waals surface area contributed by atoms with Crippen molar-refractivity contribution >= 4 is 22.9 Å². The van der Waals surface area contributed by atoms with Gasteiger partial charge in [-0.2, -0.15) is 14.8 Å².